The number of hydrogen-bond acceptors (Lipinski definition) is 1. The standard InChI is InChI=1S/C16H30OSi/c1-9-14(6)16(7,8)15(10-2)17-18(11-3,12-4)13-5/h10H,1,11-13H2,2-8H3/b15-10+. The lowest BCUT2D eigenvalue weighted by atomic mass is 9.83. The molecule has 0 heterocycles. The van der Waals surface area contributed by atoms with Gasteiger partial charge in [0.05, 0.1) is 5.76 Å². The van der Waals surface area contributed by atoms with E-state index in [-0.39, 0.29) is 5.41 Å². The monoisotopic (exact) mass is 266 g/mol. The molecule has 0 saturated heterocycles. The first-order valence-corrected chi connectivity index (χ1v) is 9.59. The molecule has 0 unspecified atom stereocenters. The molecule has 2 heteroatoms. The topological polar surface area (TPSA) is 9.23 Å². The van der Waals surface area contributed by atoms with Gasteiger partial charge in [0.25, 0.3) is 0 Å². The summed E-state index contributed by atoms with van der Waals surface area (Å²) in [6.07, 6.45) is 2.11. The Morgan fingerprint density at radius 1 is 1.22 bits per heavy atom. The van der Waals surface area contributed by atoms with Gasteiger partial charge < -0.3 is 4.43 Å². The Kier molecular flexibility index (Phi) is 6.73. The van der Waals surface area contributed by atoms with Crippen molar-refractivity contribution in [3.63, 3.8) is 0 Å². The Morgan fingerprint density at radius 3 is 1.94 bits per heavy atom. The quantitative estimate of drug-likeness (QED) is 0.328. The largest absolute Gasteiger partial charge is 0.546 e. The highest BCUT2D eigenvalue weighted by molar-refractivity contribution is 6.73. The Balaban J connectivity index is 5.33. The van der Waals surface area contributed by atoms with E-state index in [9.17, 15) is 0 Å². The van der Waals surface area contributed by atoms with Crippen LogP contribution in [0.4, 0.5) is 0 Å². The zero-order valence-corrected chi connectivity index (χ0v) is 14.3. The Morgan fingerprint density at radius 2 is 1.67 bits per heavy atom. The molecule has 0 fully saturated rings. The summed E-state index contributed by atoms with van der Waals surface area (Å²) in [4.78, 5) is 0. The molecule has 1 nitrogen and oxygen atoms in total. The predicted molar refractivity (Wildman–Crippen MR) is 84.1 cm³/mol. The van der Waals surface area contributed by atoms with E-state index in [1.165, 1.54) is 18.1 Å². The van der Waals surface area contributed by atoms with E-state index in [1.54, 1.807) is 0 Å². The van der Waals surface area contributed by atoms with Gasteiger partial charge in [0.2, 0.25) is 8.32 Å². The number of hydrogen-bond donors (Lipinski definition) is 0. The van der Waals surface area contributed by atoms with Crippen LogP contribution in [0, 0.1) is 5.41 Å². The summed E-state index contributed by atoms with van der Waals surface area (Å²) in [7, 11) is -1.60. The average Bonchev–Trinajstić information content (AvgIpc) is 2.39. The van der Waals surface area contributed by atoms with Crippen molar-refractivity contribution in [2.45, 2.75) is 66.6 Å². The van der Waals surface area contributed by atoms with Crippen LogP contribution in [-0.2, 0) is 4.43 Å². The minimum Gasteiger partial charge on any atom is -0.546 e. The van der Waals surface area contributed by atoms with Crippen LogP contribution in [0.2, 0.25) is 18.1 Å². The number of rotatable bonds is 7. The lowest BCUT2D eigenvalue weighted by molar-refractivity contribution is 0.294. The molecule has 0 amide bonds. The van der Waals surface area contributed by atoms with Gasteiger partial charge >= 0.3 is 0 Å². The van der Waals surface area contributed by atoms with E-state index < -0.39 is 8.32 Å². The van der Waals surface area contributed by atoms with Crippen molar-refractivity contribution in [2.75, 3.05) is 0 Å². The third kappa shape index (κ3) is 3.63. The van der Waals surface area contributed by atoms with Crippen LogP contribution in [0.5, 0.6) is 0 Å². The lowest BCUT2D eigenvalue weighted by Crippen LogP contribution is -2.38. The molecule has 18 heavy (non-hydrogen) atoms. The summed E-state index contributed by atoms with van der Waals surface area (Å²) in [5, 5.41) is 0. The van der Waals surface area contributed by atoms with E-state index in [2.05, 4.69) is 66.9 Å². The highest BCUT2D eigenvalue weighted by atomic mass is 28.4. The summed E-state index contributed by atoms with van der Waals surface area (Å²) in [6.45, 7) is 19.1. The Labute approximate surface area is 115 Å². The van der Waals surface area contributed by atoms with E-state index in [0.717, 1.165) is 11.3 Å². The first kappa shape index (κ1) is 17.3. The second kappa shape index (κ2) is 7.01. The molecule has 0 aromatic heterocycles. The van der Waals surface area contributed by atoms with Crippen molar-refractivity contribution in [1.82, 2.24) is 0 Å². The molecule has 0 saturated carbocycles. The fourth-order valence-corrected chi connectivity index (χ4v) is 4.93. The maximum Gasteiger partial charge on any atom is 0.250 e. The highest BCUT2D eigenvalue weighted by Crippen LogP contribution is 2.38. The molecule has 0 atom stereocenters. The maximum atomic E-state index is 6.53. The molecule has 0 aliphatic heterocycles. The second-order valence-corrected chi connectivity index (χ2v) is 10.1. The SMILES string of the molecule is C=C=C(C)C(C)(C)/C(=C\C)O[Si](CC)(CC)CC. The van der Waals surface area contributed by atoms with Gasteiger partial charge in [0, 0.05) is 5.41 Å². The molecule has 0 rings (SSSR count). The normalized spacial score (nSPS) is 13.2. The summed E-state index contributed by atoms with van der Waals surface area (Å²) >= 11 is 0. The Hall–Kier alpha value is -0.723. The van der Waals surface area contributed by atoms with Gasteiger partial charge in [-0.25, -0.2) is 0 Å². The van der Waals surface area contributed by atoms with Crippen molar-refractivity contribution >= 4 is 8.32 Å². The summed E-state index contributed by atoms with van der Waals surface area (Å²) < 4.78 is 6.53. The fraction of sp³-hybridized carbons (Fsp3) is 0.688. The molecular formula is C16H30OSi. The van der Waals surface area contributed by atoms with Crippen LogP contribution in [0.25, 0.3) is 0 Å². The van der Waals surface area contributed by atoms with Crippen LogP contribution in [-0.4, -0.2) is 8.32 Å². The van der Waals surface area contributed by atoms with E-state index in [0.29, 0.717) is 0 Å². The zero-order chi connectivity index (χ0) is 14.4. The van der Waals surface area contributed by atoms with Crippen LogP contribution < -0.4 is 0 Å². The third-order valence-electron chi connectivity index (χ3n) is 4.34. The molecule has 0 aliphatic carbocycles. The molecule has 104 valence electrons. The van der Waals surface area contributed by atoms with Crippen molar-refractivity contribution in [2.24, 2.45) is 5.41 Å². The lowest BCUT2D eigenvalue weighted by Gasteiger charge is -2.37. The number of allylic oxidation sites excluding steroid dienone is 2. The summed E-state index contributed by atoms with van der Waals surface area (Å²) in [5.74, 6) is 1.09. The van der Waals surface area contributed by atoms with E-state index in [4.69, 9.17) is 4.43 Å². The molecular weight excluding hydrogens is 236 g/mol. The van der Waals surface area contributed by atoms with E-state index >= 15 is 0 Å². The van der Waals surface area contributed by atoms with Crippen molar-refractivity contribution in [3.8, 4) is 0 Å². The molecule has 0 aliphatic rings. The van der Waals surface area contributed by atoms with Gasteiger partial charge in [-0.1, -0.05) is 33.4 Å². The zero-order valence-electron chi connectivity index (χ0n) is 13.3. The second-order valence-electron chi connectivity index (χ2n) is 5.43. The molecule has 0 aromatic carbocycles. The summed E-state index contributed by atoms with van der Waals surface area (Å²) in [5.41, 5.74) is 4.06. The molecule has 0 spiro atoms. The molecule has 0 N–H and O–H groups in total. The van der Waals surface area contributed by atoms with Crippen LogP contribution in [0.15, 0.2) is 29.7 Å². The average molecular weight is 267 g/mol. The maximum absolute atomic E-state index is 6.53. The predicted octanol–water partition coefficient (Wildman–Crippen LogP) is 5.67. The molecule has 0 aromatic rings. The molecule has 0 radical (unpaired) electrons. The smallest absolute Gasteiger partial charge is 0.250 e. The van der Waals surface area contributed by atoms with Crippen molar-refractivity contribution in [1.29, 1.82) is 0 Å². The first-order chi connectivity index (χ1) is 8.33. The Bertz CT molecular complexity index is 334. The van der Waals surface area contributed by atoms with Gasteiger partial charge in [-0.15, -0.1) is 5.73 Å². The van der Waals surface area contributed by atoms with Gasteiger partial charge in [-0.05, 0) is 51.4 Å². The van der Waals surface area contributed by atoms with Crippen molar-refractivity contribution in [3.05, 3.63) is 29.7 Å². The summed E-state index contributed by atoms with van der Waals surface area (Å²) in [6, 6.07) is 3.51. The van der Waals surface area contributed by atoms with Crippen LogP contribution in [0.3, 0.4) is 0 Å². The molecule has 0 bridgehead atoms. The van der Waals surface area contributed by atoms with Gasteiger partial charge in [0.15, 0.2) is 0 Å². The first-order valence-electron chi connectivity index (χ1n) is 7.06. The third-order valence-corrected chi connectivity index (χ3v) is 8.86. The van der Waals surface area contributed by atoms with Gasteiger partial charge in [0.1, 0.15) is 0 Å². The highest BCUT2D eigenvalue weighted by Gasteiger charge is 2.36. The minimum absolute atomic E-state index is 0.103. The fourth-order valence-electron chi connectivity index (χ4n) is 2.15. The van der Waals surface area contributed by atoms with Crippen LogP contribution >= 0.6 is 0 Å². The van der Waals surface area contributed by atoms with Crippen LogP contribution in [0.1, 0.15) is 48.5 Å². The van der Waals surface area contributed by atoms with Gasteiger partial charge in [-0.3, -0.25) is 0 Å². The van der Waals surface area contributed by atoms with Crippen molar-refractivity contribution < 1.29 is 4.43 Å². The minimum atomic E-state index is -1.60. The van der Waals surface area contributed by atoms with E-state index in [1.807, 2.05) is 0 Å². The van der Waals surface area contributed by atoms with Gasteiger partial charge in [-0.2, -0.15) is 0 Å².